The molecule has 132 valence electrons. The molecule has 2 atom stereocenters. The quantitative estimate of drug-likeness (QED) is 0.748. The Morgan fingerprint density at radius 3 is 2.24 bits per heavy atom. The highest BCUT2D eigenvalue weighted by atomic mass is 35.5. The molecule has 0 aliphatic carbocycles. The number of ketones is 1. The van der Waals surface area contributed by atoms with Crippen molar-refractivity contribution in [3.63, 3.8) is 0 Å². The number of carbonyl (C=O) groups is 2. The van der Waals surface area contributed by atoms with Gasteiger partial charge in [-0.25, -0.2) is 0 Å². The smallest absolute Gasteiger partial charge is 0.282 e. The normalized spacial score (nSPS) is 13.2. The van der Waals surface area contributed by atoms with Gasteiger partial charge in [-0.15, -0.1) is 0 Å². The summed E-state index contributed by atoms with van der Waals surface area (Å²) in [5, 5.41) is 5.96. The molecule has 2 aromatic carbocycles. The van der Waals surface area contributed by atoms with Crippen molar-refractivity contribution >= 4 is 40.6 Å². The van der Waals surface area contributed by atoms with Crippen molar-refractivity contribution in [2.45, 2.75) is 32.9 Å². The van der Waals surface area contributed by atoms with Crippen LogP contribution in [0.1, 0.15) is 42.7 Å². The summed E-state index contributed by atoms with van der Waals surface area (Å²) in [6.07, 6.45) is 0. The van der Waals surface area contributed by atoms with Gasteiger partial charge in [0.15, 0.2) is 11.8 Å². The van der Waals surface area contributed by atoms with Crippen LogP contribution in [0.2, 0.25) is 10.0 Å². The van der Waals surface area contributed by atoms with Gasteiger partial charge in [-0.3, -0.25) is 9.59 Å². The maximum absolute atomic E-state index is 12.4. The molecule has 0 fully saturated rings. The molecule has 2 rings (SSSR count). The summed E-state index contributed by atoms with van der Waals surface area (Å²) in [5.41, 5.74) is 2.20. The minimum Gasteiger partial charge on any atom is -0.330 e. The van der Waals surface area contributed by atoms with E-state index in [0.717, 1.165) is 5.56 Å². The number of amides is 1. The van der Waals surface area contributed by atoms with E-state index in [9.17, 15) is 9.59 Å². The molecule has 1 amide bonds. The van der Waals surface area contributed by atoms with Gasteiger partial charge in [0.25, 0.3) is 5.91 Å². The van der Waals surface area contributed by atoms with Crippen LogP contribution in [-0.4, -0.2) is 17.7 Å². The van der Waals surface area contributed by atoms with Gasteiger partial charge in [-0.1, -0.05) is 29.3 Å². The Kier molecular flexibility index (Phi) is 6.59. The number of benzene rings is 2. The van der Waals surface area contributed by atoms with E-state index in [1.807, 2.05) is 25.2 Å². The first kappa shape index (κ1) is 19.4. The van der Waals surface area contributed by atoms with Crippen LogP contribution in [0.5, 0.6) is 0 Å². The van der Waals surface area contributed by atoms with E-state index < -0.39 is 0 Å². The average Bonchev–Trinajstić information content (AvgIpc) is 2.55. The predicted molar refractivity (Wildman–Crippen MR) is 101 cm³/mol. The topological polar surface area (TPSA) is 62.8 Å². The Morgan fingerprint density at radius 2 is 1.68 bits per heavy atom. The number of rotatable bonds is 6. The van der Waals surface area contributed by atoms with E-state index in [-0.39, 0.29) is 23.8 Å². The minimum atomic E-state index is -0.311. The first-order valence-electron chi connectivity index (χ1n) is 7.99. The zero-order valence-electron chi connectivity index (χ0n) is 14.3. The summed E-state index contributed by atoms with van der Waals surface area (Å²) < 4.78 is 0. The summed E-state index contributed by atoms with van der Waals surface area (Å²) in [5.74, 6) is -0.124. The van der Waals surface area contributed by atoms with Crippen LogP contribution in [0.25, 0.3) is 0 Å². The molecule has 3 N–H and O–H groups in total. The van der Waals surface area contributed by atoms with Crippen molar-refractivity contribution in [2.24, 2.45) is 0 Å². The number of Topliss-reactive ketones (excluding diaryl/α,β-unsaturated/α-hetero) is 1. The molecule has 6 heteroatoms. The van der Waals surface area contributed by atoms with Gasteiger partial charge in [-0.05, 0) is 57.2 Å². The maximum atomic E-state index is 12.4. The van der Waals surface area contributed by atoms with E-state index in [1.165, 1.54) is 6.92 Å². The monoisotopic (exact) mass is 379 g/mol. The molecule has 4 nitrogen and oxygen atoms in total. The van der Waals surface area contributed by atoms with E-state index in [0.29, 0.717) is 21.3 Å². The van der Waals surface area contributed by atoms with Gasteiger partial charge in [-0.2, -0.15) is 0 Å². The molecule has 0 aliphatic rings. The molecule has 0 saturated heterocycles. The molecule has 0 bridgehead atoms. The Labute approximate surface area is 157 Å². The van der Waals surface area contributed by atoms with E-state index in [4.69, 9.17) is 23.2 Å². The van der Waals surface area contributed by atoms with E-state index in [2.05, 4.69) is 5.32 Å². The van der Waals surface area contributed by atoms with Gasteiger partial charge in [0.1, 0.15) is 6.04 Å². The second kappa shape index (κ2) is 8.48. The lowest BCUT2D eigenvalue weighted by Gasteiger charge is -2.18. The summed E-state index contributed by atoms with van der Waals surface area (Å²) in [7, 11) is 0. The highest BCUT2D eigenvalue weighted by molar-refractivity contribution is 6.35. The lowest BCUT2D eigenvalue weighted by atomic mass is 10.1. The second-order valence-corrected chi connectivity index (χ2v) is 6.90. The lowest BCUT2D eigenvalue weighted by molar-refractivity contribution is -0.709. The fraction of sp³-hybridized carbons (Fsp3) is 0.263. The van der Waals surface area contributed by atoms with Gasteiger partial charge < -0.3 is 10.6 Å². The molecule has 2 aromatic rings. The van der Waals surface area contributed by atoms with E-state index in [1.54, 1.807) is 36.4 Å². The van der Waals surface area contributed by atoms with Crippen LogP contribution in [-0.2, 0) is 4.79 Å². The van der Waals surface area contributed by atoms with Crippen LogP contribution < -0.4 is 10.6 Å². The molecule has 25 heavy (non-hydrogen) atoms. The number of nitrogens with one attached hydrogen (secondary N) is 1. The number of nitrogens with two attached hydrogens (primary N) is 1. The third kappa shape index (κ3) is 5.30. The highest BCUT2D eigenvalue weighted by Crippen LogP contribution is 2.24. The van der Waals surface area contributed by atoms with Crippen molar-refractivity contribution in [3.05, 3.63) is 63.6 Å². The zero-order chi connectivity index (χ0) is 18.6. The third-order valence-electron chi connectivity index (χ3n) is 4.00. The molecule has 0 heterocycles. The van der Waals surface area contributed by atoms with Crippen molar-refractivity contribution in [3.8, 4) is 0 Å². The van der Waals surface area contributed by atoms with Gasteiger partial charge >= 0.3 is 0 Å². The standard InChI is InChI=1S/C19H20Cl2N2O2/c1-11(17-9-6-15(20)10-18(17)21)22-12(2)19(25)23-16-7-4-14(5-8-16)13(3)24/h4-12,22H,1-3H3,(H,23,25)/p+1/t11-,12+/m1/s1. The number of anilines is 1. The number of hydrogen-bond acceptors (Lipinski definition) is 2. The Bertz CT molecular complexity index is 775. The van der Waals surface area contributed by atoms with Crippen molar-refractivity contribution in [1.29, 1.82) is 0 Å². The van der Waals surface area contributed by atoms with Crippen LogP contribution in [0.4, 0.5) is 5.69 Å². The van der Waals surface area contributed by atoms with Crippen molar-refractivity contribution in [1.82, 2.24) is 0 Å². The molecular weight excluding hydrogens is 359 g/mol. The Morgan fingerprint density at radius 1 is 1.04 bits per heavy atom. The summed E-state index contributed by atoms with van der Waals surface area (Å²) in [6.45, 7) is 5.33. The number of carbonyl (C=O) groups excluding carboxylic acids is 2. The fourth-order valence-electron chi connectivity index (χ4n) is 2.54. The van der Waals surface area contributed by atoms with Crippen LogP contribution in [0, 0.1) is 0 Å². The summed E-state index contributed by atoms with van der Waals surface area (Å²) in [4.78, 5) is 23.7. The average molecular weight is 380 g/mol. The third-order valence-corrected chi connectivity index (χ3v) is 4.57. The Hall–Kier alpha value is -1.88. The fourth-order valence-corrected chi connectivity index (χ4v) is 3.12. The van der Waals surface area contributed by atoms with Crippen molar-refractivity contribution < 1.29 is 14.9 Å². The molecule has 0 unspecified atom stereocenters. The maximum Gasteiger partial charge on any atom is 0.282 e. The van der Waals surface area contributed by atoms with E-state index >= 15 is 0 Å². The minimum absolute atomic E-state index is 0.00519. The van der Waals surface area contributed by atoms with Crippen LogP contribution in [0.15, 0.2) is 42.5 Å². The van der Waals surface area contributed by atoms with Crippen molar-refractivity contribution in [2.75, 3.05) is 5.32 Å². The lowest BCUT2D eigenvalue weighted by Crippen LogP contribution is -2.91. The van der Waals surface area contributed by atoms with Crippen LogP contribution >= 0.6 is 23.2 Å². The van der Waals surface area contributed by atoms with Crippen LogP contribution in [0.3, 0.4) is 0 Å². The summed E-state index contributed by atoms with van der Waals surface area (Å²) in [6, 6.07) is 11.9. The number of hydrogen-bond donors (Lipinski definition) is 2. The first-order valence-corrected chi connectivity index (χ1v) is 8.75. The second-order valence-electron chi connectivity index (χ2n) is 6.06. The molecule has 0 saturated carbocycles. The summed E-state index contributed by atoms with van der Waals surface area (Å²) >= 11 is 12.1. The molecule has 0 aliphatic heterocycles. The zero-order valence-corrected chi connectivity index (χ0v) is 15.9. The van der Waals surface area contributed by atoms with Gasteiger partial charge in [0.2, 0.25) is 0 Å². The number of halogens is 2. The molecule has 0 aromatic heterocycles. The number of quaternary nitrogens is 1. The molecule has 0 radical (unpaired) electrons. The largest absolute Gasteiger partial charge is 0.330 e. The predicted octanol–water partition coefficient (Wildman–Crippen LogP) is 3.85. The molecule has 0 spiro atoms. The first-order chi connectivity index (χ1) is 11.8. The van der Waals surface area contributed by atoms with Gasteiger partial charge in [0.05, 0.1) is 5.02 Å². The molecular formula is C19H21Cl2N2O2+. The highest BCUT2D eigenvalue weighted by Gasteiger charge is 2.22. The Balaban J connectivity index is 1.98. The SMILES string of the molecule is CC(=O)c1ccc(NC(=O)[C@H](C)[NH2+][C@H](C)c2ccc(Cl)cc2Cl)cc1. The van der Waals surface area contributed by atoms with Gasteiger partial charge in [0, 0.05) is 21.8 Å².